The van der Waals surface area contributed by atoms with Crippen LogP contribution in [0, 0.1) is 6.54 Å². The molecule has 0 aliphatic carbocycles. The van der Waals surface area contributed by atoms with Crippen molar-refractivity contribution in [2.24, 2.45) is 0 Å². The van der Waals surface area contributed by atoms with Crippen LogP contribution in [-0.2, 0) is 6.42 Å². The van der Waals surface area contributed by atoms with Crippen LogP contribution in [0.15, 0.2) is 30.3 Å². The number of nitrogens with zero attached hydrogens (tertiary/aromatic N) is 4. The fraction of sp³-hybridized carbons (Fsp3) is 0.444. The molecule has 1 aliphatic rings. The minimum atomic E-state index is 0.495. The maximum Gasteiger partial charge on any atom is 0.148 e. The lowest BCUT2D eigenvalue weighted by atomic mass is 10.2. The molecule has 1 aromatic heterocycles. The Morgan fingerprint density at radius 2 is 1.88 bits per heavy atom. The molecule has 1 aliphatic heterocycles. The summed E-state index contributed by atoms with van der Waals surface area (Å²) in [6.45, 7) is 8.07. The van der Waals surface area contributed by atoms with Crippen LogP contribution in [0.2, 0.25) is 5.15 Å². The van der Waals surface area contributed by atoms with Gasteiger partial charge in [0.25, 0.3) is 0 Å². The van der Waals surface area contributed by atoms with Gasteiger partial charge in [-0.05, 0) is 18.6 Å². The number of aryl methyl sites for hydroxylation is 1. The van der Waals surface area contributed by atoms with Gasteiger partial charge in [-0.2, -0.15) is 0 Å². The summed E-state index contributed by atoms with van der Waals surface area (Å²) in [4.78, 5) is 9.09. The molecule has 6 heteroatoms. The molecule has 3 rings (SSSR count). The fourth-order valence-electron chi connectivity index (χ4n) is 3.01. The quantitative estimate of drug-likeness (QED) is 0.754. The van der Waals surface area contributed by atoms with Gasteiger partial charge in [0.05, 0.1) is 12.4 Å². The maximum atomic E-state index is 6.29. The van der Waals surface area contributed by atoms with Gasteiger partial charge in [0.15, 0.2) is 0 Å². The van der Waals surface area contributed by atoms with Crippen molar-refractivity contribution in [3.05, 3.63) is 53.5 Å². The third kappa shape index (κ3) is 3.96. The zero-order valence-electron chi connectivity index (χ0n) is 14.2. The SMILES string of the molecule is [B-]n1c(CCCC)nc(Cl)c1[CH]N1CCN(c2ccccc2)CC1. The van der Waals surface area contributed by atoms with Crippen LogP contribution >= 0.6 is 11.6 Å². The van der Waals surface area contributed by atoms with Crippen LogP contribution in [0.4, 0.5) is 5.69 Å². The highest BCUT2D eigenvalue weighted by Crippen LogP contribution is 2.22. The third-order valence-electron chi connectivity index (χ3n) is 4.47. The predicted molar refractivity (Wildman–Crippen MR) is 101 cm³/mol. The molecule has 0 amide bonds. The van der Waals surface area contributed by atoms with E-state index in [1.165, 1.54) is 5.69 Å². The van der Waals surface area contributed by atoms with Gasteiger partial charge in [-0.15, -0.1) is 0 Å². The Morgan fingerprint density at radius 1 is 1.17 bits per heavy atom. The highest BCUT2D eigenvalue weighted by Gasteiger charge is 2.19. The Hall–Kier alpha value is -1.46. The predicted octanol–water partition coefficient (Wildman–Crippen LogP) is 3.14. The minimum absolute atomic E-state index is 0.495. The number of benzene rings is 1. The summed E-state index contributed by atoms with van der Waals surface area (Å²) < 4.78 is 1.64. The first kappa shape index (κ1) is 17.4. The summed E-state index contributed by atoms with van der Waals surface area (Å²) in [5.74, 6) is 0.857. The maximum absolute atomic E-state index is 6.29. The van der Waals surface area contributed by atoms with Gasteiger partial charge >= 0.3 is 0 Å². The monoisotopic (exact) mass is 341 g/mol. The summed E-state index contributed by atoms with van der Waals surface area (Å²) in [5, 5.41) is 0.495. The van der Waals surface area contributed by atoms with E-state index in [0.29, 0.717) is 5.15 Å². The molecule has 4 radical (unpaired) electrons. The van der Waals surface area contributed by atoms with Gasteiger partial charge in [-0.25, -0.2) is 4.98 Å². The molecule has 0 unspecified atom stereocenters. The van der Waals surface area contributed by atoms with E-state index in [2.05, 4.69) is 46.0 Å². The first-order valence-electron chi connectivity index (χ1n) is 8.60. The summed E-state index contributed by atoms with van der Waals surface area (Å²) in [6, 6.07) is 10.5. The van der Waals surface area contributed by atoms with Gasteiger partial charge in [-0.3, -0.25) is 4.90 Å². The van der Waals surface area contributed by atoms with Gasteiger partial charge < -0.3 is 17.4 Å². The van der Waals surface area contributed by atoms with Crippen LogP contribution in [0.5, 0.6) is 0 Å². The number of unbranched alkanes of at least 4 members (excludes halogenated alkanes) is 1. The highest BCUT2D eigenvalue weighted by molar-refractivity contribution is 6.30. The van der Waals surface area contributed by atoms with E-state index in [-0.39, 0.29) is 0 Å². The number of hydrogen-bond acceptors (Lipinski definition) is 3. The van der Waals surface area contributed by atoms with E-state index in [4.69, 9.17) is 19.6 Å². The average molecular weight is 342 g/mol. The van der Waals surface area contributed by atoms with Crippen molar-refractivity contribution < 1.29 is 0 Å². The molecular weight excluding hydrogens is 318 g/mol. The Kier molecular flexibility index (Phi) is 5.85. The Balaban J connectivity index is 1.59. The molecule has 2 aromatic rings. The largest absolute Gasteiger partial charge is 0.610 e. The van der Waals surface area contributed by atoms with E-state index in [1.807, 2.05) is 12.6 Å². The molecule has 0 bridgehead atoms. The zero-order valence-corrected chi connectivity index (χ0v) is 14.9. The molecular formula is C18H23BClN4-. The number of piperazine rings is 1. The molecule has 0 atom stereocenters. The van der Waals surface area contributed by atoms with Crippen LogP contribution in [0.1, 0.15) is 31.3 Å². The molecule has 126 valence electrons. The lowest BCUT2D eigenvalue weighted by Crippen LogP contribution is -2.45. The van der Waals surface area contributed by atoms with E-state index in [0.717, 1.165) is 57.0 Å². The summed E-state index contributed by atoms with van der Waals surface area (Å²) in [5.41, 5.74) is 2.08. The molecule has 1 saturated heterocycles. The number of para-hydroxylation sites is 1. The van der Waals surface area contributed by atoms with Crippen molar-refractivity contribution in [3.63, 3.8) is 0 Å². The Bertz CT molecular complexity index is 651. The number of halogens is 1. The van der Waals surface area contributed by atoms with E-state index < -0.39 is 0 Å². The molecule has 1 aromatic carbocycles. The molecule has 0 saturated carbocycles. The summed E-state index contributed by atoms with van der Waals surface area (Å²) >= 11 is 6.29. The van der Waals surface area contributed by atoms with Crippen LogP contribution in [-0.4, -0.2) is 48.5 Å². The molecule has 1 fully saturated rings. The topological polar surface area (TPSA) is 24.3 Å². The standard InChI is InChI=1S/C18H23BClN4/c1-2-3-9-17-21-18(20)16(24(17)19)14-22-10-12-23(13-11-22)15-7-5-4-6-8-15/h4-8,14H,2-3,9-13H2,1H3/q-1. The number of hydrogen-bond donors (Lipinski definition) is 0. The number of rotatable bonds is 6. The van der Waals surface area contributed by atoms with E-state index >= 15 is 0 Å². The lowest BCUT2D eigenvalue weighted by Gasteiger charge is -2.36. The number of aromatic nitrogens is 2. The second-order valence-electron chi connectivity index (χ2n) is 6.17. The van der Waals surface area contributed by atoms with Gasteiger partial charge in [0.2, 0.25) is 0 Å². The fourth-order valence-corrected chi connectivity index (χ4v) is 3.25. The molecule has 0 spiro atoms. The zero-order chi connectivity index (χ0) is 16.9. The third-order valence-corrected chi connectivity index (χ3v) is 4.75. The molecule has 2 heterocycles. The van der Waals surface area contributed by atoms with Crippen molar-refractivity contribution in [2.45, 2.75) is 26.2 Å². The Labute approximate surface area is 150 Å². The Morgan fingerprint density at radius 3 is 2.54 bits per heavy atom. The van der Waals surface area contributed by atoms with Crippen molar-refractivity contribution in [2.75, 3.05) is 31.1 Å². The summed E-state index contributed by atoms with van der Waals surface area (Å²) in [7, 11) is 6.18. The molecule has 0 N–H and O–H groups in total. The second kappa shape index (κ2) is 8.08. The highest BCUT2D eigenvalue weighted by atomic mass is 35.5. The van der Waals surface area contributed by atoms with E-state index in [9.17, 15) is 0 Å². The lowest BCUT2D eigenvalue weighted by molar-refractivity contribution is 0.319. The first-order valence-corrected chi connectivity index (χ1v) is 8.98. The minimum Gasteiger partial charge on any atom is -0.610 e. The smallest absolute Gasteiger partial charge is 0.148 e. The van der Waals surface area contributed by atoms with Crippen LogP contribution in [0.3, 0.4) is 0 Å². The van der Waals surface area contributed by atoms with Crippen molar-refractivity contribution >= 4 is 25.3 Å². The number of anilines is 1. The van der Waals surface area contributed by atoms with E-state index in [1.54, 1.807) is 4.48 Å². The van der Waals surface area contributed by atoms with Crippen molar-refractivity contribution in [1.82, 2.24) is 14.4 Å². The molecule has 4 nitrogen and oxygen atoms in total. The van der Waals surface area contributed by atoms with Gasteiger partial charge in [0.1, 0.15) is 5.15 Å². The van der Waals surface area contributed by atoms with Gasteiger partial charge in [-0.1, -0.05) is 43.1 Å². The normalized spacial score (nSPS) is 15.9. The number of imidazole rings is 1. The summed E-state index contributed by atoms with van der Waals surface area (Å²) in [6.07, 6.45) is 3.05. The second-order valence-corrected chi connectivity index (χ2v) is 6.52. The van der Waals surface area contributed by atoms with Crippen molar-refractivity contribution in [1.29, 1.82) is 0 Å². The average Bonchev–Trinajstić information content (AvgIpc) is 2.89. The first-order chi connectivity index (χ1) is 11.7. The van der Waals surface area contributed by atoms with Crippen LogP contribution in [0.25, 0.3) is 0 Å². The van der Waals surface area contributed by atoms with Crippen LogP contribution < -0.4 is 4.90 Å². The molecule has 24 heavy (non-hydrogen) atoms. The van der Waals surface area contributed by atoms with Gasteiger partial charge in [0, 0.05) is 44.0 Å². The van der Waals surface area contributed by atoms with Crippen molar-refractivity contribution in [3.8, 4) is 0 Å².